The third kappa shape index (κ3) is 4.04. The molecule has 0 saturated heterocycles. The Morgan fingerprint density at radius 2 is 1.27 bits per heavy atom. The van der Waals surface area contributed by atoms with Gasteiger partial charge in [-0.05, 0) is 34.0 Å². The molecule has 4 heteroatoms. The molecule has 5 aromatic carbocycles. The van der Waals surface area contributed by atoms with E-state index < -0.39 is 48.3 Å². The van der Waals surface area contributed by atoms with Gasteiger partial charge in [0.1, 0.15) is 11.9 Å². The van der Waals surface area contributed by atoms with E-state index in [1.165, 1.54) is 0 Å². The molecule has 8 rings (SSSR count). The molecule has 194 valence electrons. The molecule has 0 amide bonds. The molecule has 0 fully saturated rings. The summed E-state index contributed by atoms with van der Waals surface area (Å²) in [6.07, 6.45) is 5.32. The van der Waals surface area contributed by atoms with Gasteiger partial charge >= 0.3 is 0 Å². The fourth-order valence-corrected chi connectivity index (χ4v) is 5.52. The minimum absolute atomic E-state index is 0.0463. The van der Waals surface area contributed by atoms with Crippen molar-refractivity contribution in [3.63, 3.8) is 0 Å². The quantitative estimate of drug-likeness (QED) is 0.226. The summed E-state index contributed by atoms with van der Waals surface area (Å²) < 4.78 is 90.3. The van der Waals surface area contributed by atoms with Gasteiger partial charge in [0.05, 0.1) is 19.6 Å². The number of allylic oxidation sites excluding steroid dienone is 2. The lowest BCUT2D eigenvalue weighted by atomic mass is 9.84. The minimum Gasteiger partial charge on any atom is -0.485 e. The predicted molar refractivity (Wildman–Crippen MR) is 164 cm³/mol. The molecule has 0 spiro atoms. The summed E-state index contributed by atoms with van der Waals surface area (Å²) >= 11 is 0. The molecule has 0 bridgehead atoms. The molecule has 2 atom stereocenters. The highest BCUT2D eigenvalue weighted by Crippen LogP contribution is 2.47. The smallest absolute Gasteiger partial charge is 0.164 e. The van der Waals surface area contributed by atoms with Crippen molar-refractivity contribution in [1.82, 2.24) is 15.0 Å². The van der Waals surface area contributed by atoms with Crippen LogP contribution in [-0.2, 0) is 0 Å². The third-order valence-corrected chi connectivity index (χ3v) is 7.31. The van der Waals surface area contributed by atoms with Gasteiger partial charge in [-0.25, -0.2) is 15.0 Å². The summed E-state index contributed by atoms with van der Waals surface area (Å²) in [7, 11) is 0. The van der Waals surface area contributed by atoms with Gasteiger partial charge in [0, 0.05) is 22.3 Å². The van der Waals surface area contributed by atoms with Crippen molar-refractivity contribution in [3.05, 3.63) is 151 Å². The van der Waals surface area contributed by atoms with Gasteiger partial charge in [-0.1, -0.05) is 127 Å². The number of hydrogen-bond donors (Lipinski definition) is 0. The highest BCUT2D eigenvalue weighted by Gasteiger charge is 2.38. The van der Waals surface area contributed by atoms with Crippen LogP contribution in [0.3, 0.4) is 0 Å². The van der Waals surface area contributed by atoms with Gasteiger partial charge in [-0.3, -0.25) is 0 Å². The lowest BCUT2D eigenvalue weighted by Gasteiger charge is -2.22. The third-order valence-electron chi connectivity index (χ3n) is 7.31. The SMILES string of the molecule is [2H]c1c([2H])c([2H])c(-c2nc(C3=CC=CC4Oc5ccccc5C34)nc(-c3cccc4c(-c5c([2H])c([2H])c([2H])c([2H])c5[2H])cccc34)n2)c([2H])c1[2H]. The first-order chi connectivity index (χ1) is 24.5. The standard InChI is InChI=1S/C37H25N3O/c1-3-12-24(13-4-1)26-17-9-19-28-27(26)18-10-20-29(28)36-38-35(25-14-5-2-6-15-25)39-37(40-36)31-21-11-23-33-34(31)30-16-7-8-22-32(30)41-33/h1-23,33-34H/i1D,2D,3D,4D,5D,6D,12D,13D,14D,15D. The van der Waals surface area contributed by atoms with Crippen molar-refractivity contribution >= 4 is 16.3 Å². The number of ether oxygens (including phenoxy) is 1. The van der Waals surface area contributed by atoms with Crippen LogP contribution in [0.15, 0.2) is 139 Å². The summed E-state index contributed by atoms with van der Waals surface area (Å²) in [6.45, 7) is 0. The molecular formula is C37H25N3O. The maximum Gasteiger partial charge on any atom is 0.164 e. The van der Waals surface area contributed by atoms with Crippen LogP contribution in [0.5, 0.6) is 5.75 Å². The highest BCUT2D eigenvalue weighted by atomic mass is 16.5. The highest BCUT2D eigenvalue weighted by molar-refractivity contribution is 6.03. The molecule has 0 radical (unpaired) electrons. The Labute approximate surface area is 252 Å². The van der Waals surface area contributed by atoms with Gasteiger partial charge in [0.2, 0.25) is 0 Å². The van der Waals surface area contributed by atoms with Gasteiger partial charge in [-0.2, -0.15) is 0 Å². The van der Waals surface area contributed by atoms with Crippen LogP contribution >= 0.6 is 0 Å². The molecule has 41 heavy (non-hydrogen) atoms. The van der Waals surface area contributed by atoms with E-state index in [2.05, 4.69) is 0 Å². The van der Waals surface area contributed by atoms with E-state index in [1.54, 1.807) is 36.4 Å². The van der Waals surface area contributed by atoms with Crippen molar-refractivity contribution in [2.24, 2.45) is 0 Å². The first kappa shape index (κ1) is 15.4. The second-order valence-corrected chi connectivity index (χ2v) is 9.62. The van der Waals surface area contributed by atoms with E-state index in [9.17, 15) is 0 Å². The van der Waals surface area contributed by atoms with E-state index in [-0.39, 0.29) is 52.7 Å². The lowest BCUT2D eigenvalue weighted by Crippen LogP contribution is -2.20. The first-order valence-corrected chi connectivity index (χ1v) is 13.0. The first-order valence-electron chi connectivity index (χ1n) is 18.0. The zero-order chi connectivity index (χ0) is 35.9. The summed E-state index contributed by atoms with van der Waals surface area (Å²) in [6, 6.07) is 13.6. The molecule has 1 aromatic heterocycles. The summed E-state index contributed by atoms with van der Waals surface area (Å²) in [5, 5.41) is 1.16. The van der Waals surface area contributed by atoms with E-state index in [4.69, 9.17) is 33.4 Å². The predicted octanol–water partition coefficient (Wildman–Crippen LogP) is 8.52. The molecule has 4 nitrogen and oxygen atoms in total. The molecular weight excluding hydrogens is 502 g/mol. The van der Waals surface area contributed by atoms with Crippen molar-refractivity contribution < 1.29 is 18.4 Å². The Morgan fingerprint density at radius 3 is 2.07 bits per heavy atom. The molecule has 2 heterocycles. The number of hydrogen-bond acceptors (Lipinski definition) is 4. The number of nitrogens with zero attached hydrogens (tertiary/aromatic N) is 3. The maximum absolute atomic E-state index is 8.72. The number of fused-ring (bicyclic) bond motifs is 4. The fourth-order valence-electron chi connectivity index (χ4n) is 5.52. The second kappa shape index (κ2) is 9.68. The lowest BCUT2D eigenvalue weighted by molar-refractivity contribution is 0.271. The molecule has 6 aromatic rings. The van der Waals surface area contributed by atoms with Crippen LogP contribution < -0.4 is 4.74 Å². The maximum atomic E-state index is 8.72. The van der Waals surface area contributed by atoms with Gasteiger partial charge in [0.25, 0.3) is 0 Å². The van der Waals surface area contributed by atoms with Crippen molar-refractivity contribution in [2.75, 3.05) is 0 Å². The summed E-state index contributed by atoms with van der Waals surface area (Å²) in [4.78, 5) is 14.4. The zero-order valence-electron chi connectivity index (χ0n) is 31.4. The van der Waals surface area contributed by atoms with Gasteiger partial charge in [0.15, 0.2) is 17.5 Å². The number of rotatable bonds is 4. The van der Waals surface area contributed by atoms with Crippen molar-refractivity contribution in [3.8, 4) is 39.7 Å². The number of aromatic nitrogens is 3. The number of benzene rings is 5. The van der Waals surface area contributed by atoms with Crippen LogP contribution in [0.25, 0.3) is 50.2 Å². The Kier molecular flexibility index (Phi) is 3.65. The fraction of sp³-hybridized carbons (Fsp3) is 0.0541. The van der Waals surface area contributed by atoms with E-state index in [0.29, 0.717) is 27.5 Å². The molecule has 0 N–H and O–H groups in total. The van der Waals surface area contributed by atoms with E-state index >= 15 is 0 Å². The second-order valence-electron chi connectivity index (χ2n) is 9.62. The topological polar surface area (TPSA) is 47.9 Å². The Morgan fingerprint density at radius 1 is 0.610 bits per heavy atom. The average molecular weight is 538 g/mol. The summed E-state index contributed by atoms with van der Waals surface area (Å²) in [5.41, 5.74) is 2.38. The van der Waals surface area contributed by atoms with Crippen LogP contribution in [0, 0.1) is 0 Å². The molecule has 2 aliphatic rings. The summed E-state index contributed by atoms with van der Waals surface area (Å²) in [5.74, 6) is 0.673. The Balaban J connectivity index is 1.40. The number of para-hydroxylation sites is 1. The van der Waals surface area contributed by atoms with Crippen LogP contribution in [0.4, 0.5) is 0 Å². The largest absolute Gasteiger partial charge is 0.485 e. The molecule has 0 saturated carbocycles. The average Bonchev–Trinajstić information content (AvgIpc) is 3.53. The normalized spacial score (nSPS) is 20.4. The Bertz CT molecular complexity index is 2490. The van der Waals surface area contributed by atoms with Crippen LogP contribution in [0.1, 0.15) is 31.0 Å². The van der Waals surface area contributed by atoms with E-state index in [1.807, 2.05) is 42.5 Å². The van der Waals surface area contributed by atoms with Crippen molar-refractivity contribution in [1.29, 1.82) is 0 Å². The van der Waals surface area contributed by atoms with Gasteiger partial charge < -0.3 is 4.74 Å². The van der Waals surface area contributed by atoms with Gasteiger partial charge in [-0.15, -0.1) is 0 Å². The monoisotopic (exact) mass is 537 g/mol. The van der Waals surface area contributed by atoms with Crippen LogP contribution in [0.2, 0.25) is 0 Å². The molecule has 2 unspecified atom stereocenters. The van der Waals surface area contributed by atoms with Crippen molar-refractivity contribution in [2.45, 2.75) is 12.0 Å². The Hall–Kier alpha value is -5.35. The molecule has 1 aliphatic carbocycles. The van der Waals surface area contributed by atoms with Crippen LogP contribution in [-0.4, -0.2) is 21.1 Å². The zero-order valence-corrected chi connectivity index (χ0v) is 21.4. The molecule has 1 aliphatic heterocycles. The minimum atomic E-state index is -0.542. The van der Waals surface area contributed by atoms with E-state index in [0.717, 1.165) is 11.3 Å².